The van der Waals surface area contributed by atoms with E-state index in [9.17, 15) is 4.79 Å². The Hall–Kier alpha value is -1.72. The monoisotopic (exact) mass is 285 g/mol. The van der Waals surface area contributed by atoms with Gasteiger partial charge in [-0.1, -0.05) is 18.2 Å². The highest BCUT2D eigenvalue weighted by molar-refractivity contribution is 6.31. The van der Waals surface area contributed by atoms with Gasteiger partial charge in [-0.15, -0.1) is 0 Å². The number of halogens is 1. The molecule has 0 bridgehead atoms. The summed E-state index contributed by atoms with van der Waals surface area (Å²) < 4.78 is 5.41. The Morgan fingerprint density at radius 2 is 2.16 bits per heavy atom. The van der Waals surface area contributed by atoms with Gasteiger partial charge in [0.1, 0.15) is 5.75 Å². The first-order valence-electron chi connectivity index (χ1n) is 5.69. The van der Waals surface area contributed by atoms with Crippen LogP contribution in [0, 0.1) is 0 Å². The number of hydroxylamine groups is 1. The lowest BCUT2D eigenvalue weighted by molar-refractivity contribution is 0.0544. The molecule has 0 unspecified atom stereocenters. The van der Waals surface area contributed by atoms with Gasteiger partial charge in [-0.3, -0.25) is 10.3 Å². The standard InChI is InChI=1S/C13H16ClNO4/c1-9(2)15-19-5-3-4-18-12-7-10(13(16)17)6-11(14)8-12/h6-8,15H,1,3-5H2,2H3,(H,16,17). The summed E-state index contributed by atoms with van der Waals surface area (Å²) in [6, 6.07) is 4.37. The fourth-order valence-corrected chi connectivity index (χ4v) is 1.49. The van der Waals surface area contributed by atoms with Crippen LogP contribution in [0.25, 0.3) is 0 Å². The van der Waals surface area contributed by atoms with Crippen molar-refractivity contribution in [3.8, 4) is 5.75 Å². The highest BCUT2D eigenvalue weighted by atomic mass is 35.5. The third-order valence-corrected chi connectivity index (χ3v) is 2.24. The molecule has 0 aliphatic rings. The van der Waals surface area contributed by atoms with Crippen LogP contribution >= 0.6 is 11.6 Å². The average Bonchev–Trinajstić information content (AvgIpc) is 2.32. The number of hydrogen-bond acceptors (Lipinski definition) is 4. The quantitative estimate of drug-likeness (QED) is 0.568. The molecule has 6 heteroatoms. The molecular formula is C13H16ClNO4. The Morgan fingerprint density at radius 1 is 1.42 bits per heavy atom. The van der Waals surface area contributed by atoms with E-state index in [-0.39, 0.29) is 5.56 Å². The normalized spacial score (nSPS) is 10.0. The lowest BCUT2D eigenvalue weighted by Gasteiger charge is -2.08. The molecule has 0 aliphatic heterocycles. The van der Waals surface area contributed by atoms with Crippen LogP contribution in [0.2, 0.25) is 5.02 Å². The average molecular weight is 286 g/mol. The zero-order chi connectivity index (χ0) is 14.3. The first-order valence-corrected chi connectivity index (χ1v) is 6.07. The summed E-state index contributed by atoms with van der Waals surface area (Å²) in [6.07, 6.45) is 0.648. The van der Waals surface area contributed by atoms with Crippen LogP contribution < -0.4 is 10.2 Å². The van der Waals surface area contributed by atoms with Gasteiger partial charge in [0.05, 0.1) is 18.8 Å². The molecule has 0 saturated carbocycles. The van der Waals surface area contributed by atoms with E-state index in [4.69, 9.17) is 26.3 Å². The summed E-state index contributed by atoms with van der Waals surface area (Å²) >= 11 is 5.80. The lowest BCUT2D eigenvalue weighted by Crippen LogP contribution is -2.13. The molecule has 5 nitrogen and oxygen atoms in total. The van der Waals surface area contributed by atoms with Crippen LogP contribution in [0.5, 0.6) is 5.75 Å². The molecule has 0 fully saturated rings. The maximum atomic E-state index is 10.8. The Morgan fingerprint density at radius 3 is 2.79 bits per heavy atom. The summed E-state index contributed by atoms with van der Waals surface area (Å²) in [5, 5.41) is 9.21. The smallest absolute Gasteiger partial charge is 0.335 e. The van der Waals surface area contributed by atoms with Crippen molar-refractivity contribution in [3.05, 3.63) is 41.1 Å². The molecule has 1 rings (SSSR count). The predicted molar refractivity (Wildman–Crippen MR) is 72.4 cm³/mol. The minimum atomic E-state index is -1.04. The van der Waals surface area contributed by atoms with Crippen molar-refractivity contribution in [1.82, 2.24) is 5.48 Å². The maximum Gasteiger partial charge on any atom is 0.335 e. The first-order chi connectivity index (χ1) is 8.99. The summed E-state index contributed by atoms with van der Waals surface area (Å²) in [7, 11) is 0. The summed E-state index contributed by atoms with van der Waals surface area (Å²) in [5.74, 6) is -0.612. The van der Waals surface area contributed by atoms with Gasteiger partial charge in [-0.05, 0) is 25.1 Å². The van der Waals surface area contributed by atoms with Crippen molar-refractivity contribution < 1.29 is 19.5 Å². The Balaban J connectivity index is 2.37. The molecule has 1 aromatic carbocycles. The molecule has 0 radical (unpaired) electrons. The van der Waals surface area contributed by atoms with E-state index in [0.717, 1.165) is 5.70 Å². The van der Waals surface area contributed by atoms with Crippen LogP contribution in [-0.4, -0.2) is 24.3 Å². The molecule has 2 N–H and O–H groups in total. The van der Waals surface area contributed by atoms with Crippen molar-refractivity contribution in [2.75, 3.05) is 13.2 Å². The van der Waals surface area contributed by atoms with Crippen molar-refractivity contribution >= 4 is 17.6 Å². The zero-order valence-electron chi connectivity index (χ0n) is 10.6. The van der Waals surface area contributed by atoms with Gasteiger partial charge in [-0.25, -0.2) is 4.79 Å². The number of ether oxygens (including phenoxy) is 1. The number of rotatable bonds is 8. The van der Waals surface area contributed by atoms with E-state index < -0.39 is 5.97 Å². The molecule has 0 spiro atoms. The van der Waals surface area contributed by atoms with Gasteiger partial charge in [0.2, 0.25) is 0 Å². The van der Waals surface area contributed by atoms with Gasteiger partial charge in [0.15, 0.2) is 0 Å². The minimum Gasteiger partial charge on any atom is -0.493 e. The van der Waals surface area contributed by atoms with E-state index in [1.807, 2.05) is 0 Å². The highest BCUT2D eigenvalue weighted by Crippen LogP contribution is 2.21. The van der Waals surface area contributed by atoms with Gasteiger partial charge in [0.25, 0.3) is 0 Å². The number of aromatic carboxylic acids is 1. The van der Waals surface area contributed by atoms with Crippen molar-refractivity contribution in [2.24, 2.45) is 0 Å². The van der Waals surface area contributed by atoms with E-state index >= 15 is 0 Å². The van der Waals surface area contributed by atoms with Gasteiger partial charge in [-0.2, -0.15) is 0 Å². The zero-order valence-corrected chi connectivity index (χ0v) is 11.4. The van der Waals surface area contributed by atoms with Gasteiger partial charge in [0, 0.05) is 17.1 Å². The number of carboxylic acid groups (broad SMARTS) is 1. The maximum absolute atomic E-state index is 10.8. The topological polar surface area (TPSA) is 67.8 Å². The molecular weight excluding hydrogens is 270 g/mol. The predicted octanol–water partition coefficient (Wildman–Crippen LogP) is 2.86. The van der Waals surface area contributed by atoms with E-state index in [2.05, 4.69) is 12.1 Å². The Kier molecular flexibility index (Phi) is 6.18. The SMILES string of the molecule is C=C(C)NOCCCOc1cc(Cl)cc(C(=O)O)c1. The highest BCUT2D eigenvalue weighted by Gasteiger charge is 2.06. The lowest BCUT2D eigenvalue weighted by atomic mass is 10.2. The third-order valence-electron chi connectivity index (χ3n) is 2.02. The van der Waals surface area contributed by atoms with Crippen molar-refractivity contribution in [1.29, 1.82) is 0 Å². The second kappa shape index (κ2) is 7.66. The summed E-state index contributed by atoms with van der Waals surface area (Å²) in [5.41, 5.74) is 3.45. The molecule has 0 saturated heterocycles. The molecule has 104 valence electrons. The molecule has 0 aliphatic carbocycles. The molecule has 19 heavy (non-hydrogen) atoms. The number of hydrogen-bond donors (Lipinski definition) is 2. The van der Waals surface area contributed by atoms with E-state index in [0.29, 0.717) is 30.4 Å². The fourth-order valence-electron chi connectivity index (χ4n) is 1.26. The fraction of sp³-hybridized carbons (Fsp3) is 0.308. The van der Waals surface area contributed by atoms with Crippen molar-refractivity contribution in [2.45, 2.75) is 13.3 Å². The Bertz CT molecular complexity index is 462. The second-order valence-corrected chi connectivity index (χ2v) is 4.35. The number of benzene rings is 1. The van der Waals surface area contributed by atoms with Crippen LogP contribution in [0.1, 0.15) is 23.7 Å². The van der Waals surface area contributed by atoms with Crippen LogP contribution in [0.3, 0.4) is 0 Å². The number of allylic oxidation sites excluding steroid dienone is 1. The summed E-state index contributed by atoms with van der Waals surface area (Å²) in [6.45, 7) is 6.26. The van der Waals surface area contributed by atoms with Gasteiger partial charge < -0.3 is 9.84 Å². The Labute approximate surface area is 116 Å². The number of carboxylic acids is 1. The first kappa shape index (κ1) is 15.3. The third kappa shape index (κ3) is 6.13. The van der Waals surface area contributed by atoms with Crippen LogP contribution in [-0.2, 0) is 4.84 Å². The molecule has 0 atom stereocenters. The molecule has 0 aromatic heterocycles. The molecule has 0 heterocycles. The van der Waals surface area contributed by atoms with E-state index in [1.54, 1.807) is 13.0 Å². The molecule has 1 aromatic rings. The summed E-state index contributed by atoms with van der Waals surface area (Å²) in [4.78, 5) is 15.9. The minimum absolute atomic E-state index is 0.0997. The van der Waals surface area contributed by atoms with Gasteiger partial charge >= 0.3 is 5.97 Å². The number of carbonyl (C=O) groups is 1. The molecule has 0 amide bonds. The van der Waals surface area contributed by atoms with Crippen molar-refractivity contribution in [3.63, 3.8) is 0 Å². The van der Waals surface area contributed by atoms with E-state index in [1.165, 1.54) is 12.1 Å². The largest absolute Gasteiger partial charge is 0.493 e. The second-order valence-electron chi connectivity index (χ2n) is 3.91. The number of nitrogens with one attached hydrogen (secondary N) is 1. The van der Waals surface area contributed by atoms with Crippen LogP contribution in [0.4, 0.5) is 0 Å². The van der Waals surface area contributed by atoms with Crippen LogP contribution in [0.15, 0.2) is 30.5 Å².